The van der Waals surface area contributed by atoms with Crippen molar-refractivity contribution in [1.82, 2.24) is 4.98 Å². The van der Waals surface area contributed by atoms with Crippen molar-refractivity contribution in [2.75, 3.05) is 5.32 Å². The summed E-state index contributed by atoms with van der Waals surface area (Å²) in [5, 5.41) is 3.56. The molecule has 0 amide bonds. The van der Waals surface area contributed by atoms with E-state index < -0.39 is 5.82 Å². The Morgan fingerprint density at radius 3 is 2.68 bits per heavy atom. The molecule has 0 bridgehead atoms. The number of anilines is 1. The minimum Gasteiger partial charge on any atom is -0.379 e. The van der Waals surface area contributed by atoms with Crippen LogP contribution in [0.3, 0.4) is 0 Å². The van der Waals surface area contributed by atoms with Crippen molar-refractivity contribution in [3.8, 4) is 0 Å². The zero-order valence-corrected chi connectivity index (χ0v) is 13.5. The highest BCUT2D eigenvalue weighted by Crippen LogP contribution is 2.34. The highest BCUT2D eigenvalue weighted by atomic mass is 79.9. The molecule has 22 heavy (non-hydrogen) atoms. The van der Waals surface area contributed by atoms with Gasteiger partial charge in [0.25, 0.3) is 0 Å². The maximum Gasteiger partial charge on any atom is 0.148 e. The van der Waals surface area contributed by atoms with Crippen LogP contribution in [0, 0.1) is 11.6 Å². The normalized spacial score (nSPS) is 10.9. The van der Waals surface area contributed by atoms with Crippen LogP contribution >= 0.6 is 27.5 Å². The number of hydrogen-bond acceptors (Lipinski definition) is 2. The van der Waals surface area contributed by atoms with Crippen LogP contribution in [0.4, 0.5) is 14.5 Å². The third kappa shape index (κ3) is 2.78. The van der Waals surface area contributed by atoms with Crippen molar-refractivity contribution in [2.45, 2.75) is 6.54 Å². The Morgan fingerprint density at radius 2 is 1.91 bits per heavy atom. The third-order valence-corrected chi connectivity index (χ3v) is 4.19. The second-order valence-electron chi connectivity index (χ2n) is 4.68. The number of benzene rings is 2. The van der Waals surface area contributed by atoms with Crippen LogP contribution in [-0.2, 0) is 6.54 Å². The molecule has 0 aliphatic rings. The van der Waals surface area contributed by atoms with Crippen molar-refractivity contribution in [3.05, 3.63) is 69.3 Å². The first-order valence-electron chi connectivity index (χ1n) is 6.47. The summed E-state index contributed by atoms with van der Waals surface area (Å²) in [6.45, 7) is 0.192. The van der Waals surface area contributed by atoms with Gasteiger partial charge in [0, 0.05) is 18.3 Å². The van der Waals surface area contributed by atoms with E-state index in [1.807, 2.05) is 0 Å². The van der Waals surface area contributed by atoms with Crippen LogP contribution in [0.2, 0.25) is 5.02 Å². The van der Waals surface area contributed by atoms with E-state index >= 15 is 0 Å². The Balaban J connectivity index is 2.05. The third-order valence-electron chi connectivity index (χ3n) is 3.29. The number of fused-ring (bicyclic) bond motifs is 1. The largest absolute Gasteiger partial charge is 0.379 e. The van der Waals surface area contributed by atoms with Crippen LogP contribution < -0.4 is 5.32 Å². The number of pyridine rings is 1. The molecule has 2 aromatic carbocycles. The predicted octanol–water partition coefficient (Wildman–Crippen LogP) is 5.54. The summed E-state index contributed by atoms with van der Waals surface area (Å²) in [5.74, 6) is -0.783. The average Bonchev–Trinajstić information content (AvgIpc) is 2.51. The van der Waals surface area contributed by atoms with Crippen LogP contribution in [0.1, 0.15) is 5.56 Å². The van der Waals surface area contributed by atoms with Crippen LogP contribution in [-0.4, -0.2) is 4.98 Å². The SMILES string of the molecule is Fc1ccccc1CNc1c(Cl)cnc2ccc(Br)c(F)c12. The smallest absolute Gasteiger partial charge is 0.148 e. The second kappa shape index (κ2) is 6.18. The first kappa shape index (κ1) is 15.2. The quantitative estimate of drug-likeness (QED) is 0.642. The molecule has 0 saturated heterocycles. The van der Waals surface area contributed by atoms with Crippen LogP contribution in [0.5, 0.6) is 0 Å². The molecule has 0 radical (unpaired) electrons. The minimum atomic E-state index is -0.455. The average molecular weight is 384 g/mol. The molecule has 6 heteroatoms. The summed E-state index contributed by atoms with van der Waals surface area (Å²) in [6.07, 6.45) is 1.45. The molecule has 3 rings (SSSR count). The monoisotopic (exact) mass is 382 g/mol. The Bertz CT molecular complexity index is 850. The van der Waals surface area contributed by atoms with Gasteiger partial charge < -0.3 is 5.32 Å². The standard InChI is InChI=1S/C16H10BrClF2N2/c17-10-5-6-13-14(15(10)20)16(11(18)8-21-13)22-7-9-3-1-2-4-12(9)19/h1-6,8H,7H2,(H,21,22). The van der Waals surface area contributed by atoms with E-state index in [1.165, 1.54) is 12.3 Å². The van der Waals surface area contributed by atoms with Crippen molar-refractivity contribution in [1.29, 1.82) is 0 Å². The summed E-state index contributed by atoms with van der Waals surface area (Å²) in [6, 6.07) is 9.66. The van der Waals surface area contributed by atoms with E-state index in [0.29, 0.717) is 21.2 Å². The topological polar surface area (TPSA) is 24.9 Å². The highest BCUT2D eigenvalue weighted by molar-refractivity contribution is 9.10. The maximum absolute atomic E-state index is 14.4. The Hall–Kier alpha value is -1.72. The van der Waals surface area contributed by atoms with Crippen molar-refractivity contribution >= 4 is 44.1 Å². The molecule has 0 saturated carbocycles. The number of nitrogens with zero attached hydrogens (tertiary/aromatic N) is 1. The van der Waals surface area contributed by atoms with Gasteiger partial charge in [0.1, 0.15) is 11.6 Å². The maximum atomic E-state index is 14.4. The molecule has 0 unspecified atom stereocenters. The summed E-state index contributed by atoms with van der Waals surface area (Å²) >= 11 is 9.28. The number of rotatable bonds is 3. The second-order valence-corrected chi connectivity index (χ2v) is 5.94. The lowest BCUT2D eigenvalue weighted by Crippen LogP contribution is -2.04. The molecule has 0 aliphatic heterocycles. The predicted molar refractivity (Wildman–Crippen MR) is 88.1 cm³/mol. The zero-order valence-electron chi connectivity index (χ0n) is 11.2. The molecule has 3 aromatic rings. The number of aromatic nitrogens is 1. The zero-order chi connectivity index (χ0) is 15.7. The molecule has 112 valence electrons. The Kier molecular flexibility index (Phi) is 4.27. The van der Waals surface area contributed by atoms with Gasteiger partial charge in [-0.15, -0.1) is 0 Å². The van der Waals surface area contributed by atoms with E-state index in [-0.39, 0.29) is 22.8 Å². The molecule has 2 nitrogen and oxygen atoms in total. The molecule has 1 heterocycles. The van der Waals surface area contributed by atoms with Crippen molar-refractivity contribution < 1.29 is 8.78 Å². The molecule has 0 atom stereocenters. The molecule has 0 fully saturated rings. The number of hydrogen-bond donors (Lipinski definition) is 1. The summed E-state index contributed by atoms with van der Waals surface area (Å²) in [4.78, 5) is 4.11. The fourth-order valence-electron chi connectivity index (χ4n) is 2.19. The molecule has 0 spiro atoms. The van der Waals surface area contributed by atoms with Crippen LogP contribution in [0.15, 0.2) is 47.1 Å². The molecule has 0 aliphatic carbocycles. The van der Waals surface area contributed by atoms with Gasteiger partial charge in [-0.3, -0.25) is 4.98 Å². The van der Waals surface area contributed by atoms with E-state index in [4.69, 9.17) is 11.6 Å². The minimum absolute atomic E-state index is 0.192. The van der Waals surface area contributed by atoms with Gasteiger partial charge in [-0.25, -0.2) is 8.78 Å². The van der Waals surface area contributed by atoms with E-state index in [2.05, 4.69) is 26.2 Å². The summed E-state index contributed by atoms with van der Waals surface area (Å²) in [5.41, 5.74) is 1.34. The lowest BCUT2D eigenvalue weighted by Gasteiger charge is -2.13. The van der Waals surface area contributed by atoms with Gasteiger partial charge in [-0.2, -0.15) is 0 Å². The number of halogens is 4. The van der Waals surface area contributed by atoms with E-state index in [0.717, 1.165) is 0 Å². The van der Waals surface area contributed by atoms with E-state index in [1.54, 1.807) is 30.3 Å². The summed E-state index contributed by atoms with van der Waals surface area (Å²) in [7, 11) is 0. The Morgan fingerprint density at radius 1 is 1.14 bits per heavy atom. The highest BCUT2D eigenvalue weighted by Gasteiger charge is 2.14. The molecule has 1 aromatic heterocycles. The molecule has 1 N–H and O–H groups in total. The van der Waals surface area contributed by atoms with Gasteiger partial charge >= 0.3 is 0 Å². The van der Waals surface area contributed by atoms with Crippen molar-refractivity contribution in [3.63, 3.8) is 0 Å². The number of nitrogens with one attached hydrogen (secondary N) is 1. The first-order chi connectivity index (χ1) is 10.6. The molecular formula is C16H10BrClF2N2. The Labute approximate surface area is 139 Å². The lowest BCUT2D eigenvalue weighted by atomic mass is 10.1. The van der Waals surface area contributed by atoms with Gasteiger partial charge in [0.05, 0.1) is 26.1 Å². The fraction of sp³-hybridized carbons (Fsp3) is 0.0625. The first-order valence-corrected chi connectivity index (χ1v) is 7.64. The van der Waals surface area contributed by atoms with E-state index in [9.17, 15) is 8.78 Å². The van der Waals surface area contributed by atoms with Gasteiger partial charge in [0.15, 0.2) is 0 Å². The van der Waals surface area contributed by atoms with Gasteiger partial charge in [-0.05, 0) is 34.1 Å². The fourth-order valence-corrected chi connectivity index (χ4v) is 2.73. The van der Waals surface area contributed by atoms with Gasteiger partial charge in [0.2, 0.25) is 0 Å². The van der Waals surface area contributed by atoms with Gasteiger partial charge in [-0.1, -0.05) is 29.8 Å². The lowest BCUT2D eigenvalue weighted by molar-refractivity contribution is 0.613. The molecular weight excluding hydrogens is 374 g/mol. The van der Waals surface area contributed by atoms with Crippen molar-refractivity contribution in [2.24, 2.45) is 0 Å². The summed E-state index contributed by atoms with van der Waals surface area (Å²) < 4.78 is 28.4. The van der Waals surface area contributed by atoms with Crippen LogP contribution in [0.25, 0.3) is 10.9 Å².